The molecule has 1 heterocycles. The SMILES string of the molecule is CN1CCC(CN(C)CC(O)CO)C1. The van der Waals surface area contributed by atoms with Crippen LogP contribution in [0, 0.1) is 5.92 Å². The van der Waals surface area contributed by atoms with Crippen LogP contribution in [0.4, 0.5) is 0 Å². The van der Waals surface area contributed by atoms with Gasteiger partial charge in [0.25, 0.3) is 0 Å². The van der Waals surface area contributed by atoms with Gasteiger partial charge in [0.15, 0.2) is 0 Å². The van der Waals surface area contributed by atoms with Crippen molar-refractivity contribution in [1.82, 2.24) is 9.80 Å². The summed E-state index contributed by atoms with van der Waals surface area (Å²) in [7, 11) is 4.14. The summed E-state index contributed by atoms with van der Waals surface area (Å²) in [5.41, 5.74) is 0. The van der Waals surface area contributed by atoms with Gasteiger partial charge in [-0.05, 0) is 33.0 Å². The van der Waals surface area contributed by atoms with Gasteiger partial charge in [0.2, 0.25) is 0 Å². The van der Waals surface area contributed by atoms with Gasteiger partial charge in [0.1, 0.15) is 0 Å². The van der Waals surface area contributed by atoms with Crippen LogP contribution in [0.1, 0.15) is 6.42 Å². The Hall–Kier alpha value is -0.160. The Morgan fingerprint density at radius 3 is 2.79 bits per heavy atom. The number of hydrogen-bond acceptors (Lipinski definition) is 4. The maximum Gasteiger partial charge on any atom is 0.0897 e. The smallest absolute Gasteiger partial charge is 0.0897 e. The van der Waals surface area contributed by atoms with Crippen LogP contribution in [0.2, 0.25) is 0 Å². The second kappa shape index (κ2) is 5.66. The molecule has 0 aromatic heterocycles. The maximum absolute atomic E-state index is 9.25. The summed E-state index contributed by atoms with van der Waals surface area (Å²) in [5.74, 6) is 0.718. The highest BCUT2D eigenvalue weighted by atomic mass is 16.3. The largest absolute Gasteiger partial charge is 0.394 e. The number of aliphatic hydroxyl groups is 2. The van der Waals surface area contributed by atoms with Crippen LogP contribution in [-0.2, 0) is 0 Å². The second-order valence-corrected chi connectivity index (χ2v) is 4.47. The maximum atomic E-state index is 9.25. The molecule has 84 valence electrons. The normalized spacial score (nSPS) is 25.9. The third-order valence-corrected chi connectivity index (χ3v) is 2.79. The summed E-state index contributed by atoms with van der Waals surface area (Å²) >= 11 is 0. The molecular weight excluding hydrogens is 180 g/mol. The molecule has 0 aromatic carbocycles. The van der Waals surface area contributed by atoms with E-state index < -0.39 is 6.10 Å². The molecule has 14 heavy (non-hydrogen) atoms. The standard InChI is InChI=1S/C10H22N2O2/c1-11-4-3-9(5-11)6-12(2)7-10(14)8-13/h9-10,13-14H,3-8H2,1-2H3. The zero-order valence-corrected chi connectivity index (χ0v) is 9.19. The second-order valence-electron chi connectivity index (χ2n) is 4.47. The van der Waals surface area contributed by atoms with Gasteiger partial charge in [-0.3, -0.25) is 0 Å². The Bertz CT molecular complexity index is 166. The van der Waals surface area contributed by atoms with Gasteiger partial charge in [-0.2, -0.15) is 0 Å². The van der Waals surface area contributed by atoms with Crippen LogP contribution >= 0.6 is 0 Å². The van der Waals surface area contributed by atoms with E-state index >= 15 is 0 Å². The number of rotatable bonds is 5. The minimum atomic E-state index is -0.598. The molecule has 1 fully saturated rings. The summed E-state index contributed by atoms with van der Waals surface area (Å²) in [6.07, 6.45) is 0.648. The fourth-order valence-electron chi connectivity index (χ4n) is 2.11. The molecule has 0 aromatic rings. The molecule has 0 aliphatic carbocycles. The first-order chi connectivity index (χ1) is 6.61. The molecule has 1 aliphatic heterocycles. The highest BCUT2D eigenvalue weighted by Gasteiger charge is 2.21. The molecule has 1 saturated heterocycles. The quantitative estimate of drug-likeness (QED) is 0.614. The van der Waals surface area contributed by atoms with Crippen LogP contribution < -0.4 is 0 Å². The lowest BCUT2D eigenvalue weighted by atomic mass is 10.1. The first-order valence-electron chi connectivity index (χ1n) is 5.28. The van der Waals surface area contributed by atoms with Crippen molar-refractivity contribution in [2.45, 2.75) is 12.5 Å². The minimum Gasteiger partial charge on any atom is -0.394 e. The predicted octanol–water partition coefficient (Wildman–Crippen LogP) is -0.777. The highest BCUT2D eigenvalue weighted by Crippen LogP contribution is 2.14. The predicted molar refractivity (Wildman–Crippen MR) is 56.2 cm³/mol. The number of hydrogen-bond donors (Lipinski definition) is 2. The number of likely N-dealkylation sites (N-methyl/N-ethyl adjacent to an activating group) is 1. The van der Waals surface area contributed by atoms with E-state index in [1.54, 1.807) is 0 Å². The van der Waals surface area contributed by atoms with Crippen molar-refractivity contribution in [2.24, 2.45) is 5.92 Å². The van der Waals surface area contributed by atoms with E-state index in [1.807, 2.05) is 7.05 Å². The molecule has 2 N–H and O–H groups in total. The molecule has 2 unspecified atom stereocenters. The van der Waals surface area contributed by atoms with Crippen molar-refractivity contribution >= 4 is 0 Å². The van der Waals surface area contributed by atoms with Gasteiger partial charge >= 0.3 is 0 Å². The van der Waals surface area contributed by atoms with E-state index in [4.69, 9.17) is 5.11 Å². The first kappa shape index (κ1) is 11.9. The molecule has 0 amide bonds. The third kappa shape index (κ3) is 3.92. The van der Waals surface area contributed by atoms with Crippen LogP contribution in [-0.4, -0.2) is 73.0 Å². The molecule has 1 aliphatic rings. The summed E-state index contributed by atoms with van der Waals surface area (Å²) in [4.78, 5) is 4.44. The van der Waals surface area contributed by atoms with Gasteiger partial charge in [-0.15, -0.1) is 0 Å². The average Bonchev–Trinajstić information content (AvgIpc) is 2.50. The topological polar surface area (TPSA) is 46.9 Å². The summed E-state index contributed by atoms with van der Waals surface area (Å²) in [6.45, 7) is 3.77. The van der Waals surface area contributed by atoms with Crippen LogP contribution in [0.25, 0.3) is 0 Å². The molecule has 4 nitrogen and oxygen atoms in total. The monoisotopic (exact) mass is 202 g/mol. The lowest BCUT2D eigenvalue weighted by Crippen LogP contribution is -2.35. The lowest BCUT2D eigenvalue weighted by molar-refractivity contribution is 0.0629. The fourth-order valence-corrected chi connectivity index (χ4v) is 2.11. The van der Waals surface area contributed by atoms with Crippen molar-refractivity contribution < 1.29 is 10.2 Å². The molecular formula is C10H22N2O2. The summed E-state index contributed by atoms with van der Waals surface area (Å²) in [5, 5.41) is 18.0. The van der Waals surface area contributed by atoms with Crippen LogP contribution in [0.3, 0.4) is 0 Å². The Morgan fingerprint density at radius 1 is 1.57 bits per heavy atom. The Balaban J connectivity index is 2.16. The Kier molecular flexibility index (Phi) is 4.81. The zero-order chi connectivity index (χ0) is 10.6. The van der Waals surface area contributed by atoms with Gasteiger partial charge in [-0.25, -0.2) is 0 Å². The lowest BCUT2D eigenvalue weighted by Gasteiger charge is -2.22. The molecule has 4 heteroatoms. The van der Waals surface area contributed by atoms with E-state index in [0.717, 1.165) is 19.0 Å². The van der Waals surface area contributed by atoms with E-state index in [0.29, 0.717) is 6.54 Å². The van der Waals surface area contributed by atoms with Crippen molar-refractivity contribution in [3.05, 3.63) is 0 Å². The van der Waals surface area contributed by atoms with E-state index in [-0.39, 0.29) is 6.61 Å². The molecule has 1 rings (SSSR count). The zero-order valence-electron chi connectivity index (χ0n) is 9.19. The van der Waals surface area contributed by atoms with E-state index in [9.17, 15) is 5.11 Å². The number of nitrogens with zero attached hydrogens (tertiary/aromatic N) is 2. The Morgan fingerprint density at radius 2 is 2.29 bits per heavy atom. The number of likely N-dealkylation sites (tertiary alicyclic amines) is 1. The highest BCUT2D eigenvalue weighted by molar-refractivity contribution is 4.75. The summed E-state index contributed by atoms with van der Waals surface area (Å²) in [6, 6.07) is 0. The van der Waals surface area contributed by atoms with Crippen LogP contribution in [0.15, 0.2) is 0 Å². The molecule has 0 radical (unpaired) electrons. The van der Waals surface area contributed by atoms with Crippen molar-refractivity contribution in [3.63, 3.8) is 0 Å². The molecule has 2 atom stereocenters. The molecule has 0 bridgehead atoms. The number of aliphatic hydroxyl groups excluding tert-OH is 2. The first-order valence-corrected chi connectivity index (χ1v) is 5.28. The minimum absolute atomic E-state index is 0.144. The molecule has 0 saturated carbocycles. The van der Waals surface area contributed by atoms with Gasteiger partial charge in [-0.1, -0.05) is 0 Å². The van der Waals surface area contributed by atoms with Gasteiger partial charge < -0.3 is 20.0 Å². The Labute approximate surface area is 86.1 Å². The van der Waals surface area contributed by atoms with Gasteiger partial charge in [0, 0.05) is 19.6 Å². The van der Waals surface area contributed by atoms with Crippen molar-refractivity contribution in [3.8, 4) is 0 Å². The van der Waals surface area contributed by atoms with Gasteiger partial charge in [0.05, 0.1) is 12.7 Å². The third-order valence-electron chi connectivity index (χ3n) is 2.79. The fraction of sp³-hybridized carbons (Fsp3) is 1.00. The van der Waals surface area contributed by atoms with Crippen LogP contribution in [0.5, 0.6) is 0 Å². The average molecular weight is 202 g/mol. The van der Waals surface area contributed by atoms with Crippen molar-refractivity contribution in [1.29, 1.82) is 0 Å². The van der Waals surface area contributed by atoms with E-state index in [1.165, 1.54) is 13.0 Å². The van der Waals surface area contributed by atoms with Crippen molar-refractivity contribution in [2.75, 3.05) is 46.9 Å². The summed E-state index contributed by atoms with van der Waals surface area (Å²) < 4.78 is 0. The molecule has 0 spiro atoms. The van der Waals surface area contributed by atoms with E-state index in [2.05, 4.69) is 16.8 Å².